The Labute approximate surface area is 268 Å². The minimum absolute atomic E-state index is 0.0753. The zero-order chi connectivity index (χ0) is 33.6. The zero-order valence-electron chi connectivity index (χ0n) is 27.3. The van der Waals surface area contributed by atoms with Crippen LogP contribution in [-0.2, 0) is 42.9 Å². The van der Waals surface area contributed by atoms with Crippen LogP contribution in [0.25, 0.3) is 0 Å². The summed E-state index contributed by atoms with van der Waals surface area (Å²) < 4.78 is 24.0. The van der Waals surface area contributed by atoms with Gasteiger partial charge in [0.2, 0.25) is 0 Å². The van der Waals surface area contributed by atoms with Crippen LogP contribution in [0.4, 0.5) is 0 Å². The molecule has 6 rings (SSSR count). The second-order valence-electron chi connectivity index (χ2n) is 14.6. The molecule has 6 aliphatic rings. The van der Waals surface area contributed by atoms with E-state index in [0.29, 0.717) is 31.3 Å². The first kappa shape index (κ1) is 32.6. The molecule has 11 atom stereocenters. The van der Waals surface area contributed by atoms with Gasteiger partial charge in [0.25, 0.3) is 0 Å². The summed E-state index contributed by atoms with van der Waals surface area (Å²) in [6.45, 7) is 10.8. The molecule has 2 saturated carbocycles. The van der Waals surface area contributed by atoms with E-state index in [2.05, 4.69) is 0 Å². The summed E-state index contributed by atoms with van der Waals surface area (Å²) in [4.78, 5) is 62.7. The third-order valence-corrected chi connectivity index (χ3v) is 12.5. The van der Waals surface area contributed by atoms with Crippen molar-refractivity contribution in [3.8, 4) is 0 Å². The number of carboxylic acid groups (broad SMARTS) is 1. The standard InChI is InChI=1S/C35H44O11/c1-17-14-24(44-31(41)18(17)2)19(3)22-15-27(43-20(4)36)34(42)23-16-28-35(46-28)26(45-30(40)9-7-8-29(38)39)11-10-25(37)33(35,6)21(23)12-13-32(22,34)5/h10-11,15,19,21,23-24,26-28,42H,7-9,12-14,16H2,1-6H3,(H,38,39)/t19-,21-,23+,24+,26-,27-,28+,32+,33-,34+,35+/m0/s1. The van der Waals surface area contributed by atoms with Crippen molar-refractivity contribution in [3.63, 3.8) is 0 Å². The molecule has 0 bridgehead atoms. The molecule has 0 aromatic rings. The number of ketones is 1. The minimum atomic E-state index is -1.59. The minimum Gasteiger partial charge on any atom is -0.481 e. The van der Waals surface area contributed by atoms with Crippen LogP contribution in [0.15, 0.2) is 34.9 Å². The molecule has 11 nitrogen and oxygen atoms in total. The van der Waals surface area contributed by atoms with Crippen LogP contribution < -0.4 is 0 Å². The van der Waals surface area contributed by atoms with Crippen LogP contribution in [0.2, 0.25) is 0 Å². The molecule has 46 heavy (non-hydrogen) atoms. The summed E-state index contributed by atoms with van der Waals surface area (Å²) >= 11 is 0. The Hall–Kier alpha value is -3.31. The van der Waals surface area contributed by atoms with Gasteiger partial charge in [0.15, 0.2) is 11.9 Å². The first-order chi connectivity index (χ1) is 21.5. The number of carbonyl (C=O) groups is 5. The number of aliphatic hydroxyl groups is 1. The van der Waals surface area contributed by atoms with Crippen LogP contribution in [0.5, 0.6) is 0 Å². The van der Waals surface area contributed by atoms with E-state index in [1.54, 1.807) is 13.0 Å². The van der Waals surface area contributed by atoms with Crippen LogP contribution in [-0.4, -0.2) is 75.5 Å². The molecule has 0 aromatic carbocycles. The molecule has 2 heterocycles. The maximum absolute atomic E-state index is 13.9. The number of epoxide rings is 1. The highest BCUT2D eigenvalue weighted by Crippen LogP contribution is 2.74. The molecule has 250 valence electrons. The third kappa shape index (κ3) is 4.40. The molecule has 0 radical (unpaired) electrons. The second kappa shape index (κ2) is 10.9. The Morgan fingerprint density at radius 1 is 1.09 bits per heavy atom. The number of cyclic esters (lactones) is 1. The van der Waals surface area contributed by atoms with Gasteiger partial charge in [-0.3, -0.25) is 19.2 Å². The Bertz CT molecular complexity index is 1490. The van der Waals surface area contributed by atoms with Gasteiger partial charge in [-0.05, 0) is 76.5 Å². The molecule has 4 aliphatic carbocycles. The Balaban J connectivity index is 1.33. The number of fused-ring (bicyclic) bond motifs is 4. The smallest absolute Gasteiger partial charge is 0.333 e. The molecule has 0 amide bonds. The van der Waals surface area contributed by atoms with Gasteiger partial charge in [-0.2, -0.15) is 0 Å². The van der Waals surface area contributed by atoms with E-state index >= 15 is 0 Å². The molecule has 1 spiro atoms. The maximum atomic E-state index is 13.9. The summed E-state index contributed by atoms with van der Waals surface area (Å²) in [5.41, 5.74) is -2.28. The number of carboxylic acids is 1. The van der Waals surface area contributed by atoms with E-state index in [1.165, 1.54) is 13.0 Å². The fraction of sp³-hybridized carbons (Fsp3) is 0.686. The van der Waals surface area contributed by atoms with E-state index in [4.69, 9.17) is 24.1 Å². The summed E-state index contributed by atoms with van der Waals surface area (Å²) in [6.07, 6.45) is 3.87. The third-order valence-electron chi connectivity index (χ3n) is 12.5. The quantitative estimate of drug-likeness (QED) is 0.172. The highest BCUT2D eigenvalue weighted by Gasteiger charge is 2.83. The first-order valence-corrected chi connectivity index (χ1v) is 16.3. The van der Waals surface area contributed by atoms with Crippen LogP contribution in [0, 0.1) is 28.6 Å². The number of hydrogen-bond donors (Lipinski definition) is 2. The molecular formula is C35H44O11. The predicted molar refractivity (Wildman–Crippen MR) is 161 cm³/mol. The predicted octanol–water partition coefficient (Wildman–Crippen LogP) is 3.76. The number of rotatable bonds is 8. The summed E-state index contributed by atoms with van der Waals surface area (Å²) in [5, 5.41) is 22.0. The lowest BCUT2D eigenvalue weighted by atomic mass is 9.42. The van der Waals surface area contributed by atoms with E-state index in [-0.39, 0.29) is 36.9 Å². The van der Waals surface area contributed by atoms with Crippen LogP contribution >= 0.6 is 0 Å². The number of esters is 3. The van der Waals surface area contributed by atoms with E-state index < -0.39 is 76.2 Å². The highest BCUT2D eigenvalue weighted by atomic mass is 16.7. The van der Waals surface area contributed by atoms with Crippen molar-refractivity contribution in [1.82, 2.24) is 0 Å². The zero-order valence-corrected chi connectivity index (χ0v) is 27.3. The largest absolute Gasteiger partial charge is 0.481 e. The summed E-state index contributed by atoms with van der Waals surface area (Å²) in [7, 11) is 0. The number of hydrogen-bond acceptors (Lipinski definition) is 10. The molecule has 0 aromatic heterocycles. The molecule has 11 heteroatoms. The maximum Gasteiger partial charge on any atom is 0.333 e. The number of allylic oxidation sites excluding steroid dienone is 1. The number of aliphatic carboxylic acids is 1. The van der Waals surface area contributed by atoms with Gasteiger partial charge in [-0.1, -0.05) is 25.0 Å². The van der Waals surface area contributed by atoms with Crippen molar-refractivity contribution < 1.29 is 53.1 Å². The van der Waals surface area contributed by atoms with Gasteiger partial charge in [0.1, 0.15) is 23.4 Å². The summed E-state index contributed by atoms with van der Waals surface area (Å²) in [5.74, 6) is -3.82. The van der Waals surface area contributed by atoms with Crippen molar-refractivity contribution in [2.24, 2.45) is 28.6 Å². The molecule has 0 unspecified atom stereocenters. The SMILES string of the molecule is CC(=O)O[C@H]1C=C([C@H](C)[C@H]2CC(C)=C(C)C(=O)O2)[C@@]2(C)CC[C@H]3[C@@H](C[C@H]4O[C@]45[C@@H](OC(=O)CCCC(=O)O)C=CC(=O)[C@]35C)[C@@]12O. The van der Waals surface area contributed by atoms with Gasteiger partial charge in [-0.15, -0.1) is 0 Å². The van der Waals surface area contributed by atoms with Crippen molar-refractivity contribution in [2.75, 3.05) is 0 Å². The Kier molecular flexibility index (Phi) is 7.71. The van der Waals surface area contributed by atoms with Crippen molar-refractivity contribution >= 4 is 29.7 Å². The Morgan fingerprint density at radius 3 is 2.46 bits per heavy atom. The van der Waals surface area contributed by atoms with Gasteiger partial charge in [0, 0.05) is 43.1 Å². The highest BCUT2D eigenvalue weighted by molar-refractivity contribution is 5.98. The second-order valence-corrected chi connectivity index (χ2v) is 14.6. The topological polar surface area (TPSA) is 166 Å². The Morgan fingerprint density at radius 2 is 1.80 bits per heavy atom. The molecule has 2 aliphatic heterocycles. The van der Waals surface area contributed by atoms with Gasteiger partial charge >= 0.3 is 23.9 Å². The van der Waals surface area contributed by atoms with Gasteiger partial charge in [0.05, 0.1) is 11.5 Å². The van der Waals surface area contributed by atoms with Crippen molar-refractivity contribution in [3.05, 3.63) is 34.9 Å². The van der Waals surface area contributed by atoms with E-state index in [0.717, 1.165) is 11.1 Å². The van der Waals surface area contributed by atoms with Crippen LogP contribution in [0.1, 0.15) is 86.5 Å². The summed E-state index contributed by atoms with van der Waals surface area (Å²) in [6, 6.07) is 0. The molecule has 3 fully saturated rings. The monoisotopic (exact) mass is 640 g/mol. The normalized spacial score (nSPS) is 42.9. The molecular weight excluding hydrogens is 596 g/mol. The van der Waals surface area contributed by atoms with Gasteiger partial charge in [-0.25, -0.2) is 4.79 Å². The lowest BCUT2D eigenvalue weighted by molar-refractivity contribution is -0.225. The van der Waals surface area contributed by atoms with Crippen LogP contribution in [0.3, 0.4) is 0 Å². The number of carbonyl (C=O) groups excluding carboxylic acids is 4. The average Bonchev–Trinajstić information content (AvgIpc) is 3.67. The molecule has 1 saturated heterocycles. The first-order valence-electron chi connectivity index (χ1n) is 16.3. The van der Waals surface area contributed by atoms with Crippen molar-refractivity contribution in [1.29, 1.82) is 0 Å². The van der Waals surface area contributed by atoms with E-state index in [1.807, 2.05) is 33.8 Å². The lowest BCUT2D eigenvalue weighted by Crippen LogP contribution is -2.70. The molecule has 2 N–H and O–H groups in total. The fourth-order valence-electron chi connectivity index (χ4n) is 9.83. The number of ether oxygens (including phenoxy) is 4. The van der Waals surface area contributed by atoms with E-state index in [9.17, 15) is 29.1 Å². The fourth-order valence-corrected chi connectivity index (χ4v) is 9.83. The van der Waals surface area contributed by atoms with Gasteiger partial charge < -0.3 is 29.2 Å². The van der Waals surface area contributed by atoms with Crippen molar-refractivity contribution in [2.45, 2.75) is 122 Å². The average molecular weight is 641 g/mol. The lowest BCUT2D eigenvalue weighted by Gasteiger charge is -2.61.